The predicted octanol–water partition coefficient (Wildman–Crippen LogP) is 0.562. The molecule has 0 bridgehead atoms. The molecule has 8 heteroatoms. The maximum Gasteiger partial charge on any atom is 0.277 e. The zero-order chi connectivity index (χ0) is 20.9. The average molecular weight is 413 g/mol. The molecule has 1 unspecified atom stereocenters. The Morgan fingerprint density at radius 2 is 1.90 bits per heavy atom. The number of nitrogens with zero attached hydrogens (tertiary/aromatic N) is 4. The van der Waals surface area contributed by atoms with Crippen molar-refractivity contribution in [2.75, 3.05) is 58.4 Å². The van der Waals surface area contributed by atoms with Gasteiger partial charge in [-0.3, -0.25) is 4.79 Å². The summed E-state index contributed by atoms with van der Waals surface area (Å²) in [7, 11) is 3.35. The normalized spacial score (nSPS) is 21.5. The number of anilines is 1. The van der Waals surface area contributed by atoms with E-state index in [1.165, 1.54) is 4.90 Å². The molecule has 1 aromatic carbocycles. The van der Waals surface area contributed by atoms with E-state index >= 15 is 0 Å². The van der Waals surface area contributed by atoms with Gasteiger partial charge in [0.2, 0.25) is 5.95 Å². The quantitative estimate of drug-likeness (QED) is 0.748. The summed E-state index contributed by atoms with van der Waals surface area (Å²) in [6.45, 7) is 4.47. The number of nitrogens with one attached hydrogen (secondary N) is 1. The molecular weight excluding hydrogens is 382 g/mol. The number of hydrogen-bond donors (Lipinski definition) is 1. The maximum absolute atomic E-state index is 13.0. The summed E-state index contributed by atoms with van der Waals surface area (Å²) in [5.41, 5.74) is 1.16. The molecule has 160 valence electrons. The number of piperazine rings is 1. The fourth-order valence-corrected chi connectivity index (χ4v) is 4.52. The van der Waals surface area contributed by atoms with Gasteiger partial charge < -0.3 is 24.2 Å². The number of methoxy groups -OCH3 is 2. The first-order valence-electron chi connectivity index (χ1n) is 10.6. The third-order valence-corrected chi connectivity index (χ3v) is 6.15. The van der Waals surface area contributed by atoms with Gasteiger partial charge in [0.15, 0.2) is 6.54 Å². The van der Waals surface area contributed by atoms with Crippen molar-refractivity contribution in [3.8, 4) is 11.5 Å². The van der Waals surface area contributed by atoms with Crippen LogP contribution in [-0.2, 0) is 4.79 Å². The van der Waals surface area contributed by atoms with Gasteiger partial charge >= 0.3 is 0 Å². The van der Waals surface area contributed by atoms with Crippen LogP contribution < -0.4 is 19.3 Å². The summed E-state index contributed by atoms with van der Waals surface area (Å²) in [6.07, 6.45) is 5.68. The van der Waals surface area contributed by atoms with Gasteiger partial charge in [0.25, 0.3) is 5.91 Å². The van der Waals surface area contributed by atoms with E-state index in [9.17, 15) is 4.79 Å². The van der Waals surface area contributed by atoms with Crippen LogP contribution in [0.15, 0.2) is 36.7 Å². The Bertz CT molecular complexity index is 855. The van der Waals surface area contributed by atoms with Crippen molar-refractivity contribution >= 4 is 11.9 Å². The number of rotatable bonds is 6. The van der Waals surface area contributed by atoms with Crippen LogP contribution >= 0.6 is 0 Å². The SMILES string of the molecule is COc1ccc([C@@H]2CCC[NH+]2CC(=O)N2CCN(c3ncccn3)CC2)c(OC)c1. The summed E-state index contributed by atoms with van der Waals surface area (Å²) in [5.74, 6) is 2.58. The Morgan fingerprint density at radius 1 is 1.13 bits per heavy atom. The lowest BCUT2D eigenvalue weighted by Gasteiger charge is -2.35. The Hall–Kier alpha value is -2.87. The lowest BCUT2D eigenvalue weighted by molar-refractivity contribution is -0.910. The van der Waals surface area contributed by atoms with Gasteiger partial charge in [-0.2, -0.15) is 0 Å². The number of aromatic nitrogens is 2. The second kappa shape index (κ2) is 9.30. The molecule has 0 aliphatic carbocycles. The molecule has 1 aromatic heterocycles. The molecule has 1 amide bonds. The van der Waals surface area contributed by atoms with E-state index in [0.717, 1.165) is 55.5 Å². The topological polar surface area (TPSA) is 72.2 Å². The maximum atomic E-state index is 13.0. The molecule has 8 nitrogen and oxygen atoms in total. The van der Waals surface area contributed by atoms with Crippen molar-refractivity contribution in [3.63, 3.8) is 0 Å². The molecule has 2 aliphatic rings. The van der Waals surface area contributed by atoms with E-state index in [-0.39, 0.29) is 11.9 Å². The minimum Gasteiger partial charge on any atom is -0.497 e. The standard InChI is InChI=1S/C22H29N5O3/c1-29-17-6-7-18(20(15-17)30-2)19-5-3-10-27(19)16-21(28)25-11-13-26(14-12-25)22-23-8-4-9-24-22/h4,6-9,15,19H,3,5,10-14,16H2,1-2H3/p+1/t19-/m0/s1. The summed E-state index contributed by atoms with van der Waals surface area (Å²) in [6, 6.07) is 8.07. The van der Waals surface area contributed by atoms with Crippen LogP contribution in [0.5, 0.6) is 11.5 Å². The van der Waals surface area contributed by atoms with Crippen molar-refractivity contribution in [1.29, 1.82) is 0 Å². The van der Waals surface area contributed by atoms with Gasteiger partial charge in [0, 0.05) is 57.5 Å². The van der Waals surface area contributed by atoms with Crippen molar-refractivity contribution < 1.29 is 19.2 Å². The molecular formula is C22H30N5O3+. The number of benzene rings is 1. The first-order valence-corrected chi connectivity index (χ1v) is 10.6. The number of carbonyl (C=O) groups is 1. The second-order valence-corrected chi connectivity index (χ2v) is 7.80. The largest absolute Gasteiger partial charge is 0.497 e. The van der Waals surface area contributed by atoms with Crippen LogP contribution in [0.25, 0.3) is 0 Å². The molecule has 30 heavy (non-hydrogen) atoms. The van der Waals surface area contributed by atoms with E-state index in [0.29, 0.717) is 19.6 Å². The zero-order valence-corrected chi connectivity index (χ0v) is 17.7. The predicted molar refractivity (Wildman–Crippen MR) is 113 cm³/mol. The summed E-state index contributed by atoms with van der Waals surface area (Å²) >= 11 is 0. The molecule has 1 N–H and O–H groups in total. The fraction of sp³-hybridized carbons (Fsp3) is 0.500. The molecule has 3 heterocycles. The summed E-state index contributed by atoms with van der Waals surface area (Å²) < 4.78 is 10.9. The highest BCUT2D eigenvalue weighted by atomic mass is 16.5. The molecule has 2 fully saturated rings. The van der Waals surface area contributed by atoms with Gasteiger partial charge in [-0.05, 0) is 18.2 Å². The van der Waals surface area contributed by atoms with Crippen molar-refractivity contribution in [2.45, 2.75) is 18.9 Å². The van der Waals surface area contributed by atoms with Crippen molar-refractivity contribution in [1.82, 2.24) is 14.9 Å². The molecule has 2 atom stereocenters. The van der Waals surface area contributed by atoms with Crippen LogP contribution in [0.3, 0.4) is 0 Å². The molecule has 0 radical (unpaired) electrons. The summed E-state index contributed by atoms with van der Waals surface area (Å²) in [4.78, 5) is 27.1. The average Bonchev–Trinajstić information content (AvgIpc) is 3.27. The minimum absolute atomic E-state index is 0.220. The van der Waals surface area contributed by atoms with Crippen molar-refractivity contribution in [3.05, 3.63) is 42.2 Å². The van der Waals surface area contributed by atoms with Crippen molar-refractivity contribution in [2.24, 2.45) is 0 Å². The van der Waals surface area contributed by atoms with Gasteiger partial charge in [-0.25, -0.2) is 9.97 Å². The fourth-order valence-electron chi connectivity index (χ4n) is 4.52. The first kappa shape index (κ1) is 20.4. The van der Waals surface area contributed by atoms with E-state index < -0.39 is 0 Å². The number of hydrogen-bond acceptors (Lipinski definition) is 6. The zero-order valence-electron chi connectivity index (χ0n) is 17.7. The molecule has 0 spiro atoms. The van der Waals surface area contributed by atoms with E-state index in [1.807, 2.05) is 23.1 Å². The molecule has 2 aromatic rings. The summed E-state index contributed by atoms with van der Waals surface area (Å²) in [5, 5.41) is 0. The lowest BCUT2D eigenvalue weighted by Crippen LogP contribution is -3.11. The first-order chi connectivity index (χ1) is 14.7. The molecule has 2 aliphatic heterocycles. The lowest BCUT2D eigenvalue weighted by atomic mass is 10.0. The van der Waals surface area contributed by atoms with Crippen LogP contribution in [0.1, 0.15) is 24.4 Å². The number of amides is 1. The second-order valence-electron chi connectivity index (χ2n) is 7.80. The molecule has 0 saturated carbocycles. The number of likely N-dealkylation sites (tertiary alicyclic amines) is 1. The van der Waals surface area contributed by atoms with E-state index in [2.05, 4.69) is 20.9 Å². The van der Waals surface area contributed by atoms with Gasteiger partial charge in [-0.15, -0.1) is 0 Å². The molecule has 4 rings (SSSR count). The Kier molecular flexibility index (Phi) is 6.32. The van der Waals surface area contributed by atoms with E-state index in [1.54, 1.807) is 26.6 Å². The van der Waals surface area contributed by atoms with Crippen LogP contribution in [0.2, 0.25) is 0 Å². The third kappa shape index (κ3) is 4.33. The Morgan fingerprint density at radius 3 is 2.60 bits per heavy atom. The number of ether oxygens (including phenoxy) is 2. The highest BCUT2D eigenvalue weighted by Gasteiger charge is 2.35. The third-order valence-electron chi connectivity index (χ3n) is 6.15. The van der Waals surface area contributed by atoms with Gasteiger partial charge in [0.1, 0.15) is 17.5 Å². The Labute approximate surface area is 177 Å². The Balaban J connectivity index is 1.37. The molecule has 2 saturated heterocycles. The minimum atomic E-state index is 0.220. The van der Waals surface area contributed by atoms with E-state index in [4.69, 9.17) is 9.47 Å². The number of quaternary nitrogens is 1. The highest BCUT2D eigenvalue weighted by molar-refractivity contribution is 5.77. The highest BCUT2D eigenvalue weighted by Crippen LogP contribution is 2.31. The van der Waals surface area contributed by atoms with Crippen LogP contribution in [0.4, 0.5) is 5.95 Å². The van der Waals surface area contributed by atoms with Crippen LogP contribution in [-0.4, -0.2) is 74.3 Å². The van der Waals surface area contributed by atoms with Crippen LogP contribution in [0, 0.1) is 0 Å². The number of carbonyl (C=O) groups excluding carboxylic acids is 1. The van der Waals surface area contributed by atoms with Gasteiger partial charge in [-0.1, -0.05) is 0 Å². The van der Waals surface area contributed by atoms with Gasteiger partial charge in [0.05, 0.1) is 26.3 Å². The smallest absolute Gasteiger partial charge is 0.277 e. The monoisotopic (exact) mass is 412 g/mol.